The molecule has 1 fully saturated rings. The highest BCUT2D eigenvalue weighted by Crippen LogP contribution is 2.22. The minimum atomic E-state index is -1.02. The highest BCUT2D eigenvalue weighted by Gasteiger charge is 2.27. The predicted molar refractivity (Wildman–Crippen MR) is 45.1 cm³/mol. The standard InChI is InChI=1S/C9H15FO3/c1-2-13-9(11)5-7-3-4-12-6-8(7)10/h7-8H,2-6H2,1H3/t7-,8+/m0/s1. The number of halogens is 1. The molecule has 1 heterocycles. The second-order valence-electron chi connectivity index (χ2n) is 3.15. The quantitative estimate of drug-likeness (QED) is 0.629. The number of carbonyl (C=O) groups excluding carboxylic acids is 1. The van der Waals surface area contributed by atoms with Gasteiger partial charge < -0.3 is 9.47 Å². The lowest BCUT2D eigenvalue weighted by Crippen LogP contribution is -2.31. The average molecular weight is 190 g/mol. The van der Waals surface area contributed by atoms with Crippen LogP contribution in [0.15, 0.2) is 0 Å². The van der Waals surface area contributed by atoms with E-state index in [2.05, 4.69) is 0 Å². The summed E-state index contributed by atoms with van der Waals surface area (Å²) in [6.45, 7) is 2.77. The van der Waals surface area contributed by atoms with Gasteiger partial charge in [-0.1, -0.05) is 0 Å². The first kappa shape index (κ1) is 10.4. The van der Waals surface area contributed by atoms with Crippen molar-refractivity contribution in [3.63, 3.8) is 0 Å². The third-order valence-electron chi connectivity index (χ3n) is 2.16. The first-order chi connectivity index (χ1) is 6.24. The summed E-state index contributed by atoms with van der Waals surface area (Å²) in [5.41, 5.74) is 0. The molecule has 13 heavy (non-hydrogen) atoms. The van der Waals surface area contributed by atoms with Gasteiger partial charge in [0, 0.05) is 12.5 Å². The molecule has 0 radical (unpaired) electrons. The van der Waals surface area contributed by atoms with E-state index in [4.69, 9.17) is 9.47 Å². The van der Waals surface area contributed by atoms with E-state index in [-0.39, 0.29) is 24.9 Å². The van der Waals surface area contributed by atoms with Crippen LogP contribution in [0.1, 0.15) is 19.8 Å². The second kappa shape index (κ2) is 5.17. The molecule has 1 aliphatic rings. The van der Waals surface area contributed by atoms with Crippen LogP contribution >= 0.6 is 0 Å². The van der Waals surface area contributed by atoms with Gasteiger partial charge >= 0.3 is 5.97 Å². The van der Waals surface area contributed by atoms with Crippen LogP contribution in [0.4, 0.5) is 4.39 Å². The number of hydrogen-bond acceptors (Lipinski definition) is 3. The van der Waals surface area contributed by atoms with Gasteiger partial charge in [0.05, 0.1) is 19.6 Å². The Bertz CT molecular complexity index is 172. The minimum absolute atomic E-state index is 0.115. The zero-order valence-corrected chi connectivity index (χ0v) is 7.79. The number of carbonyl (C=O) groups is 1. The zero-order valence-electron chi connectivity index (χ0n) is 7.79. The van der Waals surface area contributed by atoms with E-state index in [1.54, 1.807) is 6.92 Å². The molecule has 0 spiro atoms. The zero-order chi connectivity index (χ0) is 9.68. The van der Waals surface area contributed by atoms with E-state index in [1.165, 1.54) is 0 Å². The fourth-order valence-electron chi connectivity index (χ4n) is 1.41. The summed E-state index contributed by atoms with van der Waals surface area (Å²) in [5, 5.41) is 0. The van der Waals surface area contributed by atoms with E-state index in [0.29, 0.717) is 19.6 Å². The highest BCUT2D eigenvalue weighted by atomic mass is 19.1. The van der Waals surface area contributed by atoms with Crippen LogP contribution in [-0.4, -0.2) is 32.0 Å². The Morgan fingerprint density at radius 3 is 3.08 bits per heavy atom. The molecule has 0 aliphatic carbocycles. The van der Waals surface area contributed by atoms with E-state index >= 15 is 0 Å². The summed E-state index contributed by atoms with van der Waals surface area (Å²) in [7, 11) is 0. The lowest BCUT2D eigenvalue weighted by Gasteiger charge is -2.24. The third kappa shape index (κ3) is 3.30. The molecule has 1 saturated heterocycles. The van der Waals surface area contributed by atoms with E-state index in [9.17, 15) is 9.18 Å². The molecule has 0 unspecified atom stereocenters. The number of esters is 1. The lowest BCUT2D eigenvalue weighted by atomic mass is 9.95. The van der Waals surface area contributed by atoms with Gasteiger partial charge in [-0.05, 0) is 13.3 Å². The summed E-state index contributed by atoms with van der Waals surface area (Å²) in [4.78, 5) is 11.0. The Hall–Kier alpha value is -0.640. The molecular formula is C9H15FO3. The van der Waals surface area contributed by atoms with Crippen molar-refractivity contribution in [1.82, 2.24) is 0 Å². The molecule has 1 aliphatic heterocycles. The molecule has 1 rings (SSSR count). The molecular weight excluding hydrogens is 175 g/mol. The molecule has 0 aromatic rings. The van der Waals surface area contributed by atoms with Gasteiger partial charge in [-0.15, -0.1) is 0 Å². The fraction of sp³-hybridized carbons (Fsp3) is 0.889. The maximum atomic E-state index is 13.1. The lowest BCUT2D eigenvalue weighted by molar-refractivity contribution is -0.146. The monoisotopic (exact) mass is 190 g/mol. The average Bonchev–Trinajstić information content (AvgIpc) is 2.09. The fourth-order valence-corrected chi connectivity index (χ4v) is 1.41. The van der Waals surface area contributed by atoms with Crippen molar-refractivity contribution in [2.45, 2.75) is 25.9 Å². The summed E-state index contributed by atoms with van der Waals surface area (Å²) < 4.78 is 22.8. The third-order valence-corrected chi connectivity index (χ3v) is 2.16. The Morgan fingerprint density at radius 2 is 2.46 bits per heavy atom. The van der Waals surface area contributed by atoms with Crippen LogP contribution in [0.25, 0.3) is 0 Å². The highest BCUT2D eigenvalue weighted by molar-refractivity contribution is 5.69. The first-order valence-electron chi connectivity index (χ1n) is 4.61. The molecule has 0 saturated carbocycles. The second-order valence-corrected chi connectivity index (χ2v) is 3.15. The van der Waals surface area contributed by atoms with Crippen LogP contribution in [0.5, 0.6) is 0 Å². The van der Waals surface area contributed by atoms with Gasteiger partial charge in [0.2, 0.25) is 0 Å². The van der Waals surface area contributed by atoms with Gasteiger partial charge in [-0.25, -0.2) is 4.39 Å². The van der Waals surface area contributed by atoms with Crippen molar-refractivity contribution in [3.8, 4) is 0 Å². The van der Waals surface area contributed by atoms with Gasteiger partial charge in [0.25, 0.3) is 0 Å². The number of ether oxygens (including phenoxy) is 2. The van der Waals surface area contributed by atoms with Crippen LogP contribution in [0.2, 0.25) is 0 Å². The van der Waals surface area contributed by atoms with E-state index in [0.717, 1.165) is 0 Å². The first-order valence-corrected chi connectivity index (χ1v) is 4.61. The topological polar surface area (TPSA) is 35.5 Å². The maximum absolute atomic E-state index is 13.1. The predicted octanol–water partition coefficient (Wildman–Crippen LogP) is 1.31. The number of hydrogen-bond donors (Lipinski definition) is 0. The molecule has 2 atom stereocenters. The molecule has 0 amide bonds. The van der Waals surface area contributed by atoms with E-state index < -0.39 is 6.17 Å². The molecule has 0 aromatic carbocycles. The van der Waals surface area contributed by atoms with Crippen LogP contribution in [0, 0.1) is 5.92 Å². The van der Waals surface area contributed by atoms with Crippen molar-refractivity contribution in [3.05, 3.63) is 0 Å². The summed E-state index contributed by atoms with van der Waals surface area (Å²) in [6, 6.07) is 0. The molecule has 0 bridgehead atoms. The van der Waals surface area contributed by atoms with Gasteiger partial charge in [-0.3, -0.25) is 4.79 Å². The van der Waals surface area contributed by atoms with E-state index in [1.807, 2.05) is 0 Å². The number of rotatable bonds is 3. The van der Waals surface area contributed by atoms with Crippen molar-refractivity contribution in [2.24, 2.45) is 5.92 Å². The van der Waals surface area contributed by atoms with Crippen LogP contribution in [-0.2, 0) is 14.3 Å². The maximum Gasteiger partial charge on any atom is 0.306 e. The Balaban J connectivity index is 2.29. The van der Waals surface area contributed by atoms with Gasteiger partial charge in [0.15, 0.2) is 0 Å². The molecule has 76 valence electrons. The largest absolute Gasteiger partial charge is 0.466 e. The SMILES string of the molecule is CCOC(=O)C[C@@H]1CCOC[C@H]1F. The van der Waals surface area contributed by atoms with Crippen LogP contribution < -0.4 is 0 Å². The summed E-state index contributed by atoms with van der Waals surface area (Å²) >= 11 is 0. The smallest absolute Gasteiger partial charge is 0.306 e. The van der Waals surface area contributed by atoms with Gasteiger partial charge in [0.1, 0.15) is 6.17 Å². The molecule has 3 nitrogen and oxygen atoms in total. The summed E-state index contributed by atoms with van der Waals surface area (Å²) in [6.07, 6.45) is -0.226. The van der Waals surface area contributed by atoms with Crippen molar-refractivity contribution in [2.75, 3.05) is 19.8 Å². The van der Waals surface area contributed by atoms with Gasteiger partial charge in [-0.2, -0.15) is 0 Å². The molecule has 0 N–H and O–H groups in total. The Kier molecular flexibility index (Phi) is 4.15. The summed E-state index contributed by atoms with van der Waals surface area (Å²) in [5.74, 6) is -0.523. The minimum Gasteiger partial charge on any atom is -0.466 e. The Labute approximate surface area is 77.2 Å². The molecule has 0 aromatic heterocycles. The Morgan fingerprint density at radius 1 is 1.69 bits per heavy atom. The van der Waals surface area contributed by atoms with Crippen molar-refractivity contribution < 1.29 is 18.7 Å². The van der Waals surface area contributed by atoms with Crippen molar-refractivity contribution >= 4 is 5.97 Å². The molecule has 4 heteroatoms. The van der Waals surface area contributed by atoms with Crippen molar-refractivity contribution in [1.29, 1.82) is 0 Å². The van der Waals surface area contributed by atoms with Crippen LogP contribution in [0.3, 0.4) is 0 Å². The number of alkyl halides is 1. The normalized spacial score (nSPS) is 28.5.